The zero-order chi connectivity index (χ0) is 17.7. The summed E-state index contributed by atoms with van der Waals surface area (Å²) in [4.78, 5) is 25.2. The lowest BCUT2D eigenvalue weighted by molar-refractivity contribution is -0.123. The molecule has 1 unspecified atom stereocenters. The molecule has 132 valence electrons. The molecule has 24 heavy (non-hydrogen) atoms. The smallest absolute Gasteiger partial charge is 0.317 e. The molecule has 5 nitrogen and oxygen atoms in total. The molecule has 0 radical (unpaired) electrons. The highest BCUT2D eigenvalue weighted by Gasteiger charge is 2.27. The Bertz CT molecular complexity index is 601. The Kier molecular flexibility index (Phi) is 6.11. The minimum atomic E-state index is -0.666. The number of likely N-dealkylation sites (tertiary alicyclic amines) is 1. The van der Waals surface area contributed by atoms with Crippen LogP contribution >= 0.6 is 0 Å². The Balaban J connectivity index is 2.02. The number of nitrogens with one attached hydrogen (secondary N) is 1. The summed E-state index contributed by atoms with van der Waals surface area (Å²) >= 11 is 0. The molecule has 3 N–H and O–H groups in total. The predicted molar refractivity (Wildman–Crippen MR) is 86.0 cm³/mol. The normalized spacial score (nSPS) is 16.7. The summed E-state index contributed by atoms with van der Waals surface area (Å²) in [7, 11) is 0. The molecule has 1 fully saturated rings. The molecule has 1 aromatic carbocycles. The van der Waals surface area contributed by atoms with E-state index < -0.39 is 17.7 Å². The Morgan fingerprint density at radius 3 is 2.54 bits per heavy atom. The first-order valence-electron chi connectivity index (χ1n) is 8.22. The van der Waals surface area contributed by atoms with Crippen molar-refractivity contribution in [3.8, 4) is 0 Å². The van der Waals surface area contributed by atoms with Crippen molar-refractivity contribution < 1.29 is 18.4 Å². The van der Waals surface area contributed by atoms with E-state index in [1.807, 2.05) is 6.92 Å². The van der Waals surface area contributed by atoms with Gasteiger partial charge in [0.25, 0.3) is 0 Å². The zero-order valence-corrected chi connectivity index (χ0v) is 13.7. The Labute approximate surface area is 140 Å². The van der Waals surface area contributed by atoms with Crippen molar-refractivity contribution in [1.82, 2.24) is 10.2 Å². The number of amides is 3. The molecule has 3 amide bonds. The highest BCUT2D eigenvalue weighted by molar-refractivity contribution is 5.78. The van der Waals surface area contributed by atoms with Crippen LogP contribution in [0.15, 0.2) is 18.2 Å². The second-order valence-corrected chi connectivity index (χ2v) is 6.12. The number of hydrogen-bond acceptors (Lipinski definition) is 2. The maximum Gasteiger partial charge on any atom is 0.317 e. The fourth-order valence-corrected chi connectivity index (χ4v) is 2.99. The second-order valence-electron chi connectivity index (χ2n) is 6.12. The molecule has 0 bridgehead atoms. The lowest BCUT2D eigenvalue weighted by Gasteiger charge is -2.32. The number of urea groups is 1. The minimum absolute atomic E-state index is 0.199. The number of primary amides is 1. The van der Waals surface area contributed by atoms with Crippen LogP contribution in [0.3, 0.4) is 0 Å². The van der Waals surface area contributed by atoms with Crippen LogP contribution in [-0.2, 0) is 4.79 Å². The van der Waals surface area contributed by atoms with Gasteiger partial charge in [0.15, 0.2) is 0 Å². The van der Waals surface area contributed by atoms with Gasteiger partial charge in [0.05, 0.1) is 6.04 Å². The standard InChI is InChI=1S/C17H23F2N3O2/c1-2-3-15(13-5-4-12(18)10-14(13)19)21-17(24)22-8-6-11(7-9-22)16(20)23/h4-5,10-11,15H,2-3,6-9H2,1H3,(H2,20,23)(H,21,24). The number of carbonyl (C=O) groups is 2. The summed E-state index contributed by atoms with van der Waals surface area (Å²) in [6, 6.07) is 2.55. The third-order valence-electron chi connectivity index (χ3n) is 4.40. The van der Waals surface area contributed by atoms with E-state index in [-0.39, 0.29) is 23.4 Å². The van der Waals surface area contributed by atoms with Crippen LogP contribution in [0.5, 0.6) is 0 Å². The van der Waals surface area contributed by atoms with Crippen molar-refractivity contribution in [1.29, 1.82) is 0 Å². The van der Waals surface area contributed by atoms with Crippen LogP contribution in [0.2, 0.25) is 0 Å². The molecule has 1 aliphatic heterocycles. The van der Waals surface area contributed by atoms with Gasteiger partial charge in [-0.25, -0.2) is 13.6 Å². The van der Waals surface area contributed by atoms with E-state index in [4.69, 9.17) is 5.73 Å². The van der Waals surface area contributed by atoms with Crippen molar-refractivity contribution in [3.63, 3.8) is 0 Å². The molecule has 0 aliphatic carbocycles. The number of carbonyl (C=O) groups excluding carboxylic acids is 2. The first-order valence-corrected chi connectivity index (χ1v) is 8.22. The monoisotopic (exact) mass is 339 g/mol. The van der Waals surface area contributed by atoms with Gasteiger partial charge >= 0.3 is 6.03 Å². The quantitative estimate of drug-likeness (QED) is 0.865. The summed E-state index contributed by atoms with van der Waals surface area (Å²) in [5, 5.41) is 2.82. The lowest BCUT2D eigenvalue weighted by atomic mass is 9.96. The van der Waals surface area contributed by atoms with Gasteiger partial charge in [0, 0.05) is 30.6 Å². The summed E-state index contributed by atoms with van der Waals surface area (Å²) in [6.07, 6.45) is 2.36. The zero-order valence-electron chi connectivity index (χ0n) is 13.7. The molecule has 0 aromatic heterocycles. The summed E-state index contributed by atoms with van der Waals surface area (Å²) in [6.45, 7) is 2.80. The average molecular weight is 339 g/mol. The maximum atomic E-state index is 14.0. The Hall–Kier alpha value is -2.18. The van der Waals surface area contributed by atoms with E-state index in [0.29, 0.717) is 32.4 Å². The van der Waals surface area contributed by atoms with Gasteiger partial charge in [-0.1, -0.05) is 19.4 Å². The minimum Gasteiger partial charge on any atom is -0.369 e. The van der Waals surface area contributed by atoms with Crippen molar-refractivity contribution in [2.75, 3.05) is 13.1 Å². The van der Waals surface area contributed by atoms with Crippen LogP contribution < -0.4 is 11.1 Å². The number of halogens is 2. The first kappa shape index (κ1) is 18.2. The lowest BCUT2D eigenvalue weighted by Crippen LogP contribution is -2.47. The van der Waals surface area contributed by atoms with Gasteiger partial charge in [0.1, 0.15) is 11.6 Å². The molecule has 1 aromatic rings. The van der Waals surface area contributed by atoms with E-state index in [1.165, 1.54) is 12.1 Å². The maximum absolute atomic E-state index is 14.0. The summed E-state index contributed by atoms with van der Waals surface area (Å²) < 4.78 is 27.1. The van der Waals surface area contributed by atoms with Crippen LogP contribution in [0.25, 0.3) is 0 Å². The molecule has 1 atom stereocenters. The second kappa shape index (κ2) is 8.08. The van der Waals surface area contributed by atoms with Crippen molar-refractivity contribution >= 4 is 11.9 Å². The number of rotatable bonds is 5. The molecular weight excluding hydrogens is 316 g/mol. The predicted octanol–water partition coefficient (Wildman–Crippen LogP) is 2.71. The van der Waals surface area contributed by atoms with E-state index >= 15 is 0 Å². The molecule has 2 rings (SSSR count). The van der Waals surface area contributed by atoms with Crippen molar-refractivity contribution in [2.24, 2.45) is 11.7 Å². The van der Waals surface area contributed by atoms with Gasteiger partial charge in [-0.2, -0.15) is 0 Å². The number of benzene rings is 1. The molecule has 0 saturated carbocycles. The SMILES string of the molecule is CCCC(NC(=O)N1CCC(C(N)=O)CC1)c1ccc(F)cc1F. The van der Waals surface area contributed by atoms with E-state index in [0.717, 1.165) is 12.5 Å². The van der Waals surface area contributed by atoms with Gasteiger partial charge in [-0.3, -0.25) is 4.79 Å². The molecule has 1 saturated heterocycles. The van der Waals surface area contributed by atoms with Crippen LogP contribution in [0.1, 0.15) is 44.2 Å². The van der Waals surface area contributed by atoms with Gasteiger partial charge < -0.3 is 16.0 Å². The van der Waals surface area contributed by atoms with E-state index in [2.05, 4.69) is 5.32 Å². The number of piperidine rings is 1. The molecule has 1 heterocycles. The molecular formula is C17H23F2N3O2. The largest absolute Gasteiger partial charge is 0.369 e. The Morgan fingerprint density at radius 2 is 2.00 bits per heavy atom. The van der Waals surface area contributed by atoms with Crippen molar-refractivity contribution in [2.45, 2.75) is 38.6 Å². The Morgan fingerprint density at radius 1 is 1.33 bits per heavy atom. The van der Waals surface area contributed by atoms with E-state index in [1.54, 1.807) is 4.90 Å². The third-order valence-corrected chi connectivity index (χ3v) is 4.40. The van der Waals surface area contributed by atoms with Crippen molar-refractivity contribution in [3.05, 3.63) is 35.4 Å². The van der Waals surface area contributed by atoms with Gasteiger partial charge in [-0.05, 0) is 25.3 Å². The molecule has 1 aliphatic rings. The highest BCUT2D eigenvalue weighted by Crippen LogP contribution is 2.23. The topological polar surface area (TPSA) is 75.4 Å². The van der Waals surface area contributed by atoms with E-state index in [9.17, 15) is 18.4 Å². The first-order chi connectivity index (χ1) is 11.4. The molecule has 7 heteroatoms. The number of nitrogens with zero attached hydrogens (tertiary/aromatic N) is 1. The third kappa shape index (κ3) is 4.43. The number of nitrogens with two attached hydrogens (primary N) is 1. The highest BCUT2D eigenvalue weighted by atomic mass is 19.1. The van der Waals surface area contributed by atoms with Gasteiger partial charge in [0.2, 0.25) is 5.91 Å². The van der Waals surface area contributed by atoms with Crippen LogP contribution in [0.4, 0.5) is 13.6 Å². The fraction of sp³-hybridized carbons (Fsp3) is 0.529. The van der Waals surface area contributed by atoms with Gasteiger partial charge in [-0.15, -0.1) is 0 Å². The summed E-state index contributed by atoms with van der Waals surface area (Å²) in [5.74, 6) is -1.85. The fourth-order valence-electron chi connectivity index (χ4n) is 2.99. The van der Waals surface area contributed by atoms with Crippen LogP contribution in [0, 0.1) is 17.6 Å². The molecule has 0 spiro atoms. The average Bonchev–Trinajstić information content (AvgIpc) is 2.54. The van der Waals surface area contributed by atoms with Crippen LogP contribution in [-0.4, -0.2) is 29.9 Å². The summed E-state index contributed by atoms with van der Waals surface area (Å²) in [5.41, 5.74) is 5.56. The number of hydrogen-bond donors (Lipinski definition) is 2.